The Morgan fingerprint density at radius 3 is 2.73 bits per heavy atom. The molecule has 1 atom stereocenters. The van der Waals surface area contributed by atoms with Gasteiger partial charge in [-0.15, -0.1) is 0 Å². The van der Waals surface area contributed by atoms with Crippen LogP contribution < -0.4 is 16.8 Å². The second-order valence-electron chi connectivity index (χ2n) is 8.41. The zero-order valence-electron chi connectivity index (χ0n) is 17.3. The van der Waals surface area contributed by atoms with E-state index in [1.165, 1.54) is 33.0 Å². The first kappa shape index (κ1) is 18.7. The van der Waals surface area contributed by atoms with E-state index in [2.05, 4.69) is 67.4 Å². The number of hydrogen-bond acceptors (Lipinski definition) is 3. The molecule has 0 amide bonds. The summed E-state index contributed by atoms with van der Waals surface area (Å²) < 4.78 is 0. The number of anilines is 1. The Kier molecular flexibility index (Phi) is 4.30. The van der Waals surface area contributed by atoms with Crippen molar-refractivity contribution in [2.24, 2.45) is 5.73 Å². The Hall–Kier alpha value is -3.30. The molecular formula is C27H27N3. The Morgan fingerprint density at radius 2 is 1.90 bits per heavy atom. The van der Waals surface area contributed by atoms with Crippen molar-refractivity contribution in [3.8, 4) is 0 Å². The van der Waals surface area contributed by atoms with Gasteiger partial charge in [0.15, 0.2) is 0 Å². The summed E-state index contributed by atoms with van der Waals surface area (Å²) in [6.07, 6.45) is 9.91. The van der Waals surface area contributed by atoms with Crippen LogP contribution in [0.3, 0.4) is 0 Å². The largest absolute Gasteiger partial charge is 0.402 e. The minimum atomic E-state index is -0.312. The quantitative estimate of drug-likeness (QED) is 0.310. The van der Waals surface area contributed by atoms with Gasteiger partial charge in [0.1, 0.15) is 0 Å². The fourth-order valence-corrected chi connectivity index (χ4v) is 5.05. The van der Waals surface area contributed by atoms with Crippen LogP contribution in [0.4, 0.5) is 5.69 Å². The lowest BCUT2D eigenvalue weighted by Gasteiger charge is -2.31. The Bertz CT molecular complexity index is 1290. The maximum atomic E-state index is 6.66. The number of hydrogen-bond donors (Lipinski definition) is 3. The average Bonchev–Trinajstić information content (AvgIpc) is 2.98. The summed E-state index contributed by atoms with van der Waals surface area (Å²) in [6.45, 7) is 6.77. The summed E-state index contributed by atoms with van der Waals surface area (Å²) in [6, 6.07) is 15.2. The lowest BCUT2D eigenvalue weighted by Crippen LogP contribution is -2.40. The molecular weight excluding hydrogens is 366 g/mol. The normalized spacial score (nSPS) is 20.6. The summed E-state index contributed by atoms with van der Waals surface area (Å²) in [4.78, 5) is 0. The highest BCUT2D eigenvalue weighted by atomic mass is 15.0. The first-order valence-electron chi connectivity index (χ1n) is 10.5. The van der Waals surface area contributed by atoms with Gasteiger partial charge in [0.2, 0.25) is 0 Å². The van der Waals surface area contributed by atoms with Crippen molar-refractivity contribution in [3.63, 3.8) is 0 Å². The van der Waals surface area contributed by atoms with Crippen LogP contribution in [-0.4, -0.2) is 6.54 Å². The third-order valence-electron chi connectivity index (χ3n) is 6.61. The van der Waals surface area contributed by atoms with Crippen molar-refractivity contribution in [3.05, 3.63) is 95.7 Å². The monoisotopic (exact) mass is 393 g/mol. The van der Waals surface area contributed by atoms with Crippen LogP contribution in [0.1, 0.15) is 30.9 Å². The predicted octanol–water partition coefficient (Wildman–Crippen LogP) is 5.53. The van der Waals surface area contributed by atoms with Gasteiger partial charge in [-0.25, -0.2) is 0 Å². The van der Waals surface area contributed by atoms with Crippen LogP contribution in [0.5, 0.6) is 0 Å². The first-order chi connectivity index (χ1) is 14.5. The van der Waals surface area contributed by atoms with Crippen molar-refractivity contribution < 1.29 is 0 Å². The molecule has 5 rings (SSSR count). The molecule has 0 heterocycles. The molecule has 150 valence electrons. The topological polar surface area (TPSA) is 64.1 Å². The minimum Gasteiger partial charge on any atom is -0.402 e. The van der Waals surface area contributed by atoms with Gasteiger partial charge in [0, 0.05) is 28.7 Å². The van der Waals surface area contributed by atoms with Gasteiger partial charge < -0.3 is 16.8 Å². The summed E-state index contributed by atoms with van der Waals surface area (Å²) in [5.74, 6) is 0. The number of rotatable bonds is 4. The Morgan fingerprint density at radius 1 is 1.07 bits per heavy atom. The van der Waals surface area contributed by atoms with Crippen LogP contribution >= 0.6 is 0 Å². The minimum absolute atomic E-state index is 0.312. The van der Waals surface area contributed by atoms with Crippen LogP contribution in [-0.2, 0) is 5.54 Å². The summed E-state index contributed by atoms with van der Waals surface area (Å²) in [7, 11) is 0. The SMILES string of the molecule is C=C/C=C\CNC1(C)C2=C(CCC(N)=C2)c2cc3cc4ccccc4c(N)c3cc21. The molecule has 0 saturated heterocycles. The van der Waals surface area contributed by atoms with Crippen LogP contribution in [0, 0.1) is 0 Å². The van der Waals surface area contributed by atoms with Gasteiger partial charge in [0.25, 0.3) is 0 Å². The smallest absolute Gasteiger partial charge is 0.0674 e. The molecule has 0 bridgehead atoms. The van der Waals surface area contributed by atoms with Crippen molar-refractivity contribution in [1.29, 1.82) is 0 Å². The Labute approximate surface area is 177 Å². The van der Waals surface area contributed by atoms with Gasteiger partial charge >= 0.3 is 0 Å². The molecule has 3 nitrogen and oxygen atoms in total. The van der Waals surface area contributed by atoms with E-state index in [4.69, 9.17) is 11.5 Å². The highest BCUT2D eigenvalue weighted by molar-refractivity contribution is 6.11. The highest BCUT2D eigenvalue weighted by Crippen LogP contribution is 2.51. The number of allylic oxidation sites excluding steroid dienone is 4. The summed E-state index contributed by atoms with van der Waals surface area (Å²) >= 11 is 0. The third kappa shape index (κ3) is 2.70. The molecule has 0 saturated carbocycles. The van der Waals surface area contributed by atoms with Gasteiger partial charge in [-0.3, -0.25) is 0 Å². The molecule has 0 radical (unpaired) electrons. The maximum absolute atomic E-state index is 6.66. The van der Waals surface area contributed by atoms with Crippen molar-refractivity contribution in [2.75, 3.05) is 12.3 Å². The van der Waals surface area contributed by atoms with E-state index in [-0.39, 0.29) is 5.54 Å². The molecule has 1 unspecified atom stereocenters. The molecule has 3 aromatic carbocycles. The van der Waals surface area contributed by atoms with Gasteiger partial charge in [0.05, 0.1) is 5.54 Å². The van der Waals surface area contributed by atoms with Gasteiger partial charge in [-0.1, -0.05) is 49.1 Å². The number of nitrogen functional groups attached to an aromatic ring is 1. The molecule has 0 aromatic heterocycles. The van der Waals surface area contributed by atoms with Crippen LogP contribution in [0.25, 0.3) is 27.1 Å². The number of benzene rings is 3. The number of fused-ring (bicyclic) bond motifs is 4. The van der Waals surface area contributed by atoms with Crippen molar-refractivity contribution >= 4 is 32.8 Å². The fraction of sp³-hybridized carbons (Fsp3) is 0.185. The fourth-order valence-electron chi connectivity index (χ4n) is 5.05. The van der Waals surface area contributed by atoms with E-state index in [1.807, 2.05) is 12.1 Å². The summed E-state index contributed by atoms with van der Waals surface area (Å²) in [5.41, 5.74) is 19.7. The maximum Gasteiger partial charge on any atom is 0.0674 e. The van der Waals surface area contributed by atoms with E-state index in [9.17, 15) is 0 Å². The van der Waals surface area contributed by atoms with Crippen molar-refractivity contribution in [1.82, 2.24) is 5.32 Å². The molecule has 2 aliphatic carbocycles. The van der Waals surface area contributed by atoms with E-state index in [1.54, 1.807) is 6.08 Å². The first-order valence-corrected chi connectivity index (χ1v) is 10.5. The number of nitrogens with two attached hydrogens (primary N) is 2. The molecule has 30 heavy (non-hydrogen) atoms. The van der Waals surface area contributed by atoms with Crippen LogP contribution in [0.2, 0.25) is 0 Å². The van der Waals surface area contributed by atoms with E-state index < -0.39 is 0 Å². The van der Waals surface area contributed by atoms with E-state index in [0.29, 0.717) is 0 Å². The highest BCUT2D eigenvalue weighted by Gasteiger charge is 2.41. The second-order valence-corrected chi connectivity index (χ2v) is 8.41. The molecule has 3 aromatic rings. The van der Waals surface area contributed by atoms with Gasteiger partial charge in [-0.05, 0) is 77.1 Å². The number of nitrogens with one attached hydrogen (secondary N) is 1. The molecule has 0 fully saturated rings. The lowest BCUT2D eigenvalue weighted by atomic mass is 9.85. The molecule has 3 heteroatoms. The molecule has 2 aliphatic rings. The standard InChI is InChI=1S/C27H27N3/c1-3-4-7-12-30-27(2)24-15-19(28)10-11-21(24)23-14-18-13-17-8-5-6-9-20(17)26(29)22(18)16-25(23)27/h3-9,13-16,30H,1,10-12,28-29H2,2H3/b7-4-. The summed E-state index contributed by atoms with van der Waals surface area (Å²) in [5, 5.41) is 8.34. The molecule has 5 N–H and O–H groups in total. The Balaban J connectivity index is 1.75. The van der Waals surface area contributed by atoms with E-state index >= 15 is 0 Å². The molecule has 0 spiro atoms. The lowest BCUT2D eigenvalue weighted by molar-refractivity contribution is 0.469. The zero-order chi connectivity index (χ0) is 20.9. The van der Waals surface area contributed by atoms with Crippen LogP contribution in [0.15, 0.2) is 84.6 Å². The zero-order valence-corrected chi connectivity index (χ0v) is 17.3. The molecule has 0 aliphatic heterocycles. The average molecular weight is 394 g/mol. The van der Waals surface area contributed by atoms with Gasteiger partial charge in [-0.2, -0.15) is 0 Å². The van der Waals surface area contributed by atoms with E-state index in [0.717, 1.165) is 41.5 Å². The second kappa shape index (κ2) is 6.89. The third-order valence-corrected chi connectivity index (χ3v) is 6.61. The van der Waals surface area contributed by atoms with Crippen molar-refractivity contribution in [2.45, 2.75) is 25.3 Å². The predicted molar refractivity (Wildman–Crippen MR) is 129 cm³/mol.